The Hall–Kier alpha value is -2.44. The Labute approximate surface area is 241 Å². The molecule has 2 aliphatic rings. The van der Waals surface area contributed by atoms with Gasteiger partial charge in [-0.1, -0.05) is 118 Å². The molecule has 0 bridgehead atoms. The SMILES string of the molecule is CC#Cc1c2c(c(C#CC(C)C)c(=C\CC)/c1=C/CC)C1(CC)C=C(CCC)C(C(C)(CC)CC)=CC21CC. The van der Waals surface area contributed by atoms with Crippen molar-refractivity contribution < 1.29 is 0 Å². The summed E-state index contributed by atoms with van der Waals surface area (Å²) in [5.74, 6) is 14.7. The van der Waals surface area contributed by atoms with Gasteiger partial charge in [-0.15, -0.1) is 5.92 Å². The van der Waals surface area contributed by atoms with E-state index >= 15 is 0 Å². The van der Waals surface area contributed by atoms with Crippen LogP contribution in [0, 0.1) is 35.0 Å². The van der Waals surface area contributed by atoms with Crippen LogP contribution in [0.25, 0.3) is 12.2 Å². The minimum absolute atomic E-state index is 0.0419. The van der Waals surface area contributed by atoms with Gasteiger partial charge >= 0.3 is 0 Å². The van der Waals surface area contributed by atoms with E-state index in [9.17, 15) is 0 Å². The molecule has 210 valence electrons. The number of rotatable bonds is 9. The van der Waals surface area contributed by atoms with Gasteiger partial charge < -0.3 is 0 Å². The molecule has 0 heteroatoms. The summed E-state index contributed by atoms with van der Waals surface area (Å²) >= 11 is 0. The quantitative estimate of drug-likeness (QED) is 0.284. The number of benzene rings is 1. The summed E-state index contributed by atoms with van der Waals surface area (Å²) in [6.45, 7) is 25.3. The Kier molecular flexibility index (Phi) is 9.87. The van der Waals surface area contributed by atoms with Crippen LogP contribution in [0.5, 0.6) is 0 Å². The van der Waals surface area contributed by atoms with Crippen molar-refractivity contribution in [2.45, 2.75) is 138 Å². The molecule has 0 aromatic heterocycles. The van der Waals surface area contributed by atoms with Crippen molar-refractivity contribution in [2.24, 2.45) is 11.3 Å². The maximum Gasteiger partial charge on any atom is 0.0365 e. The zero-order valence-electron chi connectivity index (χ0n) is 27.0. The van der Waals surface area contributed by atoms with E-state index in [0.717, 1.165) is 44.9 Å². The van der Waals surface area contributed by atoms with E-state index in [1.165, 1.54) is 39.1 Å². The lowest BCUT2D eigenvalue weighted by molar-refractivity contribution is 0.231. The molecule has 0 N–H and O–H groups in total. The number of hydrogen-bond donors (Lipinski definition) is 0. The first-order valence-corrected chi connectivity index (χ1v) is 16.0. The van der Waals surface area contributed by atoms with Crippen molar-refractivity contribution in [3.05, 3.63) is 56.0 Å². The molecule has 39 heavy (non-hydrogen) atoms. The van der Waals surface area contributed by atoms with E-state index in [1.807, 2.05) is 6.92 Å². The third-order valence-corrected chi connectivity index (χ3v) is 9.82. The normalized spacial score (nSPS) is 22.7. The van der Waals surface area contributed by atoms with Gasteiger partial charge in [0.25, 0.3) is 0 Å². The molecular formula is C39H54. The van der Waals surface area contributed by atoms with Crippen molar-refractivity contribution in [3.8, 4) is 23.7 Å². The van der Waals surface area contributed by atoms with Crippen LogP contribution in [0.4, 0.5) is 0 Å². The van der Waals surface area contributed by atoms with Gasteiger partial charge in [-0.05, 0) is 90.0 Å². The van der Waals surface area contributed by atoms with Gasteiger partial charge in [0.05, 0.1) is 0 Å². The third-order valence-electron chi connectivity index (χ3n) is 9.82. The van der Waals surface area contributed by atoms with Crippen molar-refractivity contribution in [2.75, 3.05) is 0 Å². The minimum Gasteiger partial charge on any atom is -0.101 e. The first kappa shape index (κ1) is 31.1. The van der Waals surface area contributed by atoms with Crippen molar-refractivity contribution in [3.63, 3.8) is 0 Å². The van der Waals surface area contributed by atoms with Gasteiger partial charge in [0, 0.05) is 27.9 Å². The van der Waals surface area contributed by atoms with Gasteiger partial charge in [0.2, 0.25) is 0 Å². The molecule has 0 aliphatic heterocycles. The van der Waals surface area contributed by atoms with E-state index in [-0.39, 0.29) is 16.2 Å². The number of fused-ring (bicyclic) bond motifs is 4. The lowest BCUT2D eigenvalue weighted by Gasteiger charge is -2.62. The highest BCUT2D eigenvalue weighted by molar-refractivity contribution is 5.76. The first-order valence-electron chi connectivity index (χ1n) is 16.0. The summed E-state index contributed by atoms with van der Waals surface area (Å²) in [5, 5.41) is 2.62. The van der Waals surface area contributed by atoms with Crippen LogP contribution in [0.2, 0.25) is 0 Å². The predicted molar refractivity (Wildman–Crippen MR) is 173 cm³/mol. The summed E-state index contributed by atoms with van der Waals surface area (Å²) in [6.07, 6.45) is 19.1. The molecule has 0 amide bonds. The highest BCUT2D eigenvalue weighted by atomic mass is 14.6. The van der Waals surface area contributed by atoms with Crippen molar-refractivity contribution in [1.82, 2.24) is 0 Å². The Morgan fingerprint density at radius 1 is 0.795 bits per heavy atom. The maximum atomic E-state index is 3.77. The monoisotopic (exact) mass is 522 g/mol. The molecule has 2 aliphatic carbocycles. The van der Waals surface area contributed by atoms with Crippen LogP contribution in [0.3, 0.4) is 0 Å². The molecule has 0 heterocycles. The summed E-state index contributed by atoms with van der Waals surface area (Å²) in [5.41, 5.74) is 8.74. The van der Waals surface area contributed by atoms with Gasteiger partial charge in [-0.3, -0.25) is 0 Å². The van der Waals surface area contributed by atoms with Crippen LogP contribution >= 0.6 is 0 Å². The number of hydrogen-bond acceptors (Lipinski definition) is 0. The molecule has 0 saturated heterocycles. The average Bonchev–Trinajstić information content (AvgIpc) is 2.92. The first-order chi connectivity index (χ1) is 18.6. The third kappa shape index (κ3) is 4.78. The topological polar surface area (TPSA) is 0 Å². The second-order valence-corrected chi connectivity index (χ2v) is 12.2. The summed E-state index contributed by atoms with van der Waals surface area (Å²) < 4.78 is 0. The van der Waals surface area contributed by atoms with Crippen LogP contribution in [-0.4, -0.2) is 0 Å². The molecule has 2 atom stereocenters. The average molecular weight is 523 g/mol. The van der Waals surface area contributed by atoms with Gasteiger partial charge in [-0.2, -0.15) is 0 Å². The Morgan fingerprint density at radius 3 is 1.72 bits per heavy atom. The van der Waals surface area contributed by atoms with Gasteiger partial charge in [0.15, 0.2) is 0 Å². The highest BCUT2D eigenvalue weighted by Crippen LogP contribution is 2.66. The molecule has 1 aromatic rings. The fourth-order valence-corrected chi connectivity index (χ4v) is 7.47. The van der Waals surface area contributed by atoms with Crippen LogP contribution in [0.1, 0.15) is 150 Å². The largest absolute Gasteiger partial charge is 0.101 e. The Balaban J connectivity index is 2.71. The maximum absolute atomic E-state index is 3.77. The summed E-state index contributed by atoms with van der Waals surface area (Å²) in [6, 6.07) is 0. The Morgan fingerprint density at radius 2 is 1.31 bits per heavy atom. The van der Waals surface area contributed by atoms with E-state index in [4.69, 9.17) is 0 Å². The van der Waals surface area contributed by atoms with E-state index < -0.39 is 0 Å². The van der Waals surface area contributed by atoms with Gasteiger partial charge in [0.1, 0.15) is 0 Å². The molecule has 0 spiro atoms. The molecule has 0 nitrogen and oxygen atoms in total. The minimum atomic E-state index is -0.0518. The molecule has 1 aromatic carbocycles. The highest BCUT2D eigenvalue weighted by Gasteiger charge is 2.63. The smallest absolute Gasteiger partial charge is 0.0365 e. The van der Waals surface area contributed by atoms with E-state index in [2.05, 4.69) is 117 Å². The molecular weight excluding hydrogens is 468 g/mol. The second-order valence-electron chi connectivity index (χ2n) is 12.2. The predicted octanol–water partition coefficient (Wildman–Crippen LogP) is 9.25. The van der Waals surface area contributed by atoms with Crippen molar-refractivity contribution >= 4 is 12.2 Å². The van der Waals surface area contributed by atoms with Crippen molar-refractivity contribution in [1.29, 1.82) is 0 Å². The Bertz CT molecular complexity index is 1380. The zero-order valence-corrected chi connectivity index (χ0v) is 27.0. The summed E-state index contributed by atoms with van der Waals surface area (Å²) in [4.78, 5) is 0. The van der Waals surface area contributed by atoms with Crippen LogP contribution in [0.15, 0.2) is 23.3 Å². The van der Waals surface area contributed by atoms with E-state index in [1.54, 1.807) is 11.1 Å². The van der Waals surface area contributed by atoms with Crippen LogP contribution < -0.4 is 10.4 Å². The number of allylic oxidation sites excluding steroid dienone is 4. The standard InChI is InChI=1S/C39H54/c1-12-20-29-26-38(18-7)36-33(25-24-28(9)10)31(22-14-3)30(21-13-2)32(23-15-4)35(36)39(38,19-8)27-34(29)37(11,16-5)17-6/h21-22,26-28H,12-14,16-20H2,1-11H3/b30-21-,31-22-. The van der Waals surface area contributed by atoms with Gasteiger partial charge in [-0.25, -0.2) is 0 Å². The molecule has 2 unspecified atom stereocenters. The summed E-state index contributed by atoms with van der Waals surface area (Å²) in [7, 11) is 0. The molecule has 3 rings (SSSR count). The van der Waals surface area contributed by atoms with Crippen LogP contribution in [-0.2, 0) is 10.8 Å². The molecule has 0 saturated carbocycles. The lowest BCUT2D eigenvalue weighted by Crippen LogP contribution is -2.61. The second kappa shape index (κ2) is 12.4. The fourth-order valence-electron chi connectivity index (χ4n) is 7.47. The lowest BCUT2D eigenvalue weighted by atomic mass is 9.39. The fraction of sp³-hybridized carbons (Fsp3) is 0.590. The molecule has 0 fully saturated rings. The molecule has 0 radical (unpaired) electrons. The van der Waals surface area contributed by atoms with E-state index in [0.29, 0.717) is 5.92 Å². The zero-order chi connectivity index (χ0) is 29.0.